The number of carbonyl (C=O) groups is 1. The van der Waals surface area contributed by atoms with E-state index in [4.69, 9.17) is 0 Å². The number of fused-ring (bicyclic) bond motifs is 3. The van der Waals surface area contributed by atoms with E-state index in [2.05, 4.69) is 10.4 Å². The molecule has 5 rings (SSSR count). The molecule has 1 fully saturated rings. The predicted octanol–water partition coefficient (Wildman–Crippen LogP) is 3.96. The summed E-state index contributed by atoms with van der Waals surface area (Å²) in [5, 5.41) is 7.59. The first kappa shape index (κ1) is 24.8. The molecule has 0 atom stereocenters. The lowest BCUT2D eigenvalue weighted by Gasteiger charge is -2.13. The zero-order valence-corrected chi connectivity index (χ0v) is 20.2. The maximum atomic E-state index is 13.5. The van der Waals surface area contributed by atoms with Gasteiger partial charge in [-0.05, 0) is 55.2 Å². The average molecular weight is 514 g/mol. The van der Waals surface area contributed by atoms with Crippen LogP contribution in [0.15, 0.2) is 52.1 Å². The van der Waals surface area contributed by atoms with Crippen molar-refractivity contribution in [3.63, 3.8) is 0 Å². The van der Waals surface area contributed by atoms with E-state index in [1.807, 2.05) is 6.92 Å². The summed E-state index contributed by atoms with van der Waals surface area (Å²) in [6, 6.07) is 9.38. The molecule has 2 aromatic heterocycles. The van der Waals surface area contributed by atoms with Gasteiger partial charge in [0.15, 0.2) is 0 Å². The lowest BCUT2D eigenvalue weighted by molar-refractivity contribution is -0.137. The van der Waals surface area contributed by atoms with Crippen molar-refractivity contribution in [2.45, 2.75) is 64.3 Å². The lowest BCUT2D eigenvalue weighted by atomic mass is 10.1. The van der Waals surface area contributed by atoms with Gasteiger partial charge in [-0.3, -0.25) is 14.2 Å². The number of nitrogens with zero attached hydrogens (tertiary/aromatic N) is 4. The number of halogens is 3. The van der Waals surface area contributed by atoms with Crippen molar-refractivity contribution < 1.29 is 18.0 Å². The van der Waals surface area contributed by atoms with Gasteiger partial charge in [0.05, 0.1) is 23.0 Å². The first-order valence-electron chi connectivity index (χ1n) is 12.3. The Morgan fingerprint density at radius 3 is 2.57 bits per heavy atom. The van der Waals surface area contributed by atoms with Crippen LogP contribution in [0.1, 0.15) is 60.5 Å². The van der Waals surface area contributed by atoms with Gasteiger partial charge in [-0.2, -0.15) is 13.2 Å². The number of hydrogen-bond donors (Lipinski definition) is 1. The van der Waals surface area contributed by atoms with Gasteiger partial charge in [-0.15, -0.1) is 5.10 Å². The van der Waals surface area contributed by atoms with Crippen molar-refractivity contribution in [3.05, 3.63) is 80.0 Å². The monoisotopic (exact) mass is 513 g/mol. The highest BCUT2D eigenvalue weighted by Crippen LogP contribution is 2.29. The van der Waals surface area contributed by atoms with Gasteiger partial charge >= 0.3 is 11.9 Å². The highest BCUT2D eigenvalue weighted by Gasteiger charge is 2.30. The van der Waals surface area contributed by atoms with Gasteiger partial charge in [-0.25, -0.2) is 13.9 Å². The maximum Gasteiger partial charge on any atom is 0.416 e. The molecule has 8 nitrogen and oxygen atoms in total. The fraction of sp³-hybridized carbons (Fsp3) is 0.385. The zero-order chi connectivity index (χ0) is 26.3. The number of nitrogens with one attached hydrogen (secondary N) is 1. The van der Waals surface area contributed by atoms with E-state index in [1.54, 1.807) is 6.07 Å². The Kier molecular flexibility index (Phi) is 6.38. The molecule has 37 heavy (non-hydrogen) atoms. The third kappa shape index (κ3) is 4.65. The summed E-state index contributed by atoms with van der Waals surface area (Å²) < 4.78 is 43.2. The van der Waals surface area contributed by atoms with E-state index in [0.29, 0.717) is 18.5 Å². The predicted molar refractivity (Wildman–Crippen MR) is 132 cm³/mol. The van der Waals surface area contributed by atoms with Crippen LogP contribution in [0.25, 0.3) is 16.7 Å². The second-order valence-corrected chi connectivity index (χ2v) is 9.42. The van der Waals surface area contributed by atoms with Crippen molar-refractivity contribution in [3.8, 4) is 0 Å². The van der Waals surface area contributed by atoms with E-state index in [-0.39, 0.29) is 46.3 Å². The zero-order valence-electron chi connectivity index (χ0n) is 20.2. The van der Waals surface area contributed by atoms with Crippen LogP contribution >= 0.6 is 0 Å². The number of rotatable bonds is 6. The number of carbonyl (C=O) groups excluding carboxylic acids is 1. The number of aryl methyl sites for hydroxylation is 1. The lowest BCUT2D eigenvalue weighted by Crippen LogP contribution is -2.32. The Labute approximate surface area is 209 Å². The van der Waals surface area contributed by atoms with Gasteiger partial charge in [0.25, 0.3) is 11.5 Å². The Morgan fingerprint density at radius 1 is 1.11 bits per heavy atom. The van der Waals surface area contributed by atoms with Gasteiger partial charge < -0.3 is 5.32 Å². The van der Waals surface area contributed by atoms with Crippen molar-refractivity contribution >= 4 is 22.6 Å². The van der Waals surface area contributed by atoms with Crippen LogP contribution in [-0.2, 0) is 19.3 Å². The summed E-state index contributed by atoms with van der Waals surface area (Å²) in [5.41, 5.74) is -1.02. The average Bonchev–Trinajstić information content (AvgIpc) is 3.49. The largest absolute Gasteiger partial charge is 0.416 e. The van der Waals surface area contributed by atoms with E-state index in [9.17, 15) is 27.6 Å². The third-order valence-electron chi connectivity index (χ3n) is 6.76. The normalized spacial score (nSPS) is 14.6. The molecule has 0 bridgehead atoms. The minimum Gasteiger partial charge on any atom is -0.349 e. The van der Waals surface area contributed by atoms with Gasteiger partial charge in [0.1, 0.15) is 0 Å². The smallest absolute Gasteiger partial charge is 0.349 e. The van der Waals surface area contributed by atoms with Crippen LogP contribution in [0.4, 0.5) is 13.2 Å². The summed E-state index contributed by atoms with van der Waals surface area (Å²) in [4.78, 5) is 39.7. The van der Waals surface area contributed by atoms with Crippen LogP contribution < -0.4 is 16.6 Å². The fourth-order valence-electron chi connectivity index (χ4n) is 4.94. The molecule has 1 aliphatic carbocycles. The molecule has 4 aromatic rings. The van der Waals surface area contributed by atoms with E-state index in [0.717, 1.165) is 42.5 Å². The SMILES string of the molecule is CCCn1c(=O)c2ccc(C(=O)NC3CCCC3)cc2n2c(=O)n(Cc3cccc(C(F)(F)F)c3)nc12. The molecule has 194 valence electrons. The molecule has 0 aliphatic heterocycles. The van der Waals surface area contributed by atoms with Crippen LogP contribution in [-0.4, -0.2) is 30.7 Å². The minimum atomic E-state index is -4.52. The summed E-state index contributed by atoms with van der Waals surface area (Å²) in [6.07, 6.45) is 0.00630. The number of aromatic nitrogens is 4. The molecule has 2 aromatic carbocycles. The summed E-state index contributed by atoms with van der Waals surface area (Å²) in [6.45, 7) is 1.96. The molecule has 0 spiro atoms. The van der Waals surface area contributed by atoms with Crippen LogP contribution in [0, 0.1) is 0 Å². The second kappa shape index (κ2) is 9.53. The molecule has 0 unspecified atom stereocenters. The second-order valence-electron chi connectivity index (χ2n) is 9.42. The van der Waals surface area contributed by atoms with Gasteiger partial charge in [-0.1, -0.05) is 31.9 Å². The molecule has 0 saturated heterocycles. The Bertz CT molecular complexity index is 1610. The first-order valence-corrected chi connectivity index (χ1v) is 12.3. The molecule has 2 heterocycles. The summed E-state index contributed by atoms with van der Waals surface area (Å²) in [5.74, 6) is -0.214. The van der Waals surface area contributed by atoms with Gasteiger partial charge in [0.2, 0.25) is 5.78 Å². The number of hydrogen-bond acceptors (Lipinski definition) is 4. The standard InChI is InChI=1S/C26H26F3N5O3/c1-2-12-32-23(36)20-11-10-17(22(35)30-19-8-3-4-9-19)14-21(20)34-24(32)31-33(25(34)37)15-16-6-5-7-18(13-16)26(27,28)29/h5-7,10-11,13-14,19H,2-4,8-9,12,15H2,1H3,(H,30,35). The molecule has 1 saturated carbocycles. The topological polar surface area (TPSA) is 90.4 Å². The van der Waals surface area contributed by atoms with Crippen molar-refractivity contribution in [1.82, 2.24) is 24.1 Å². The number of amides is 1. The maximum absolute atomic E-state index is 13.5. The van der Waals surface area contributed by atoms with E-state index < -0.39 is 17.4 Å². The molecule has 0 radical (unpaired) electrons. The van der Waals surface area contributed by atoms with E-state index in [1.165, 1.54) is 33.2 Å². The molecule has 1 amide bonds. The Morgan fingerprint density at radius 2 is 1.86 bits per heavy atom. The van der Waals surface area contributed by atoms with Crippen molar-refractivity contribution in [2.75, 3.05) is 0 Å². The molecule has 1 N–H and O–H groups in total. The quantitative estimate of drug-likeness (QED) is 0.423. The Hall–Kier alpha value is -3.89. The molecule has 1 aliphatic rings. The number of benzene rings is 2. The first-order chi connectivity index (χ1) is 17.7. The third-order valence-corrected chi connectivity index (χ3v) is 6.76. The van der Waals surface area contributed by atoms with Crippen molar-refractivity contribution in [2.24, 2.45) is 0 Å². The number of alkyl halides is 3. The summed E-state index contributed by atoms with van der Waals surface area (Å²) >= 11 is 0. The van der Waals surface area contributed by atoms with Crippen LogP contribution in [0.2, 0.25) is 0 Å². The molecular formula is C26H26F3N5O3. The van der Waals surface area contributed by atoms with Crippen molar-refractivity contribution in [1.29, 1.82) is 0 Å². The molecular weight excluding hydrogens is 487 g/mol. The Balaban J connectivity index is 1.64. The van der Waals surface area contributed by atoms with Crippen LogP contribution in [0.3, 0.4) is 0 Å². The minimum absolute atomic E-state index is 0.0738. The van der Waals surface area contributed by atoms with E-state index >= 15 is 0 Å². The fourth-order valence-corrected chi connectivity index (χ4v) is 4.94. The van der Waals surface area contributed by atoms with Crippen LogP contribution in [0.5, 0.6) is 0 Å². The molecule has 11 heteroatoms. The highest BCUT2D eigenvalue weighted by atomic mass is 19.4. The van der Waals surface area contributed by atoms with Gasteiger partial charge in [0, 0.05) is 18.2 Å². The summed E-state index contributed by atoms with van der Waals surface area (Å²) in [7, 11) is 0. The highest BCUT2D eigenvalue weighted by molar-refractivity contribution is 5.98.